The summed E-state index contributed by atoms with van der Waals surface area (Å²) in [7, 11) is 1.36. The first kappa shape index (κ1) is 12.1. The maximum atomic E-state index is 11.1. The molecule has 0 heterocycles. The van der Waals surface area contributed by atoms with Crippen LogP contribution in [0.2, 0.25) is 0 Å². The average molecular weight is 188 g/mol. The molecule has 0 atom stereocenters. The minimum Gasteiger partial charge on any atom is -0.469 e. The molecule has 0 aromatic carbocycles. The normalized spacial score (nSPS) is 11.0. The lowest BCUT2D eigenvalue weighted by molar-refractivity contribution is -0.151. The summed E-state index contributed by atoms with van der Waals surface area (Å²) in [5.74, 6) is -0.262. The van der Waals surface area contributed by atoms with Crippen molar-refractivity contribution in [2.75, 3.05) is 20.3 Å². The molecule has 0 fully saturated rings. The van der Waals surface area contributed by atoms with Crippen LogP contribution in [0.3, 0.4) is 0 Å². The van der Waals surface area contributed by atoms with E-state index < -0.39 is 5.41 Å². The summed E-state index contributed by atoms with van der Waals surface area (Å²) in [6, 6.07) is 0. The van der Waals surface area contributed by atoms with Crippen molar-refractivity contribution in [2.24, 2.45) is 5.41 Å². The van der Waals surface area contributed by atoms with Crippen LogP contribution in [0.4, 0.5) is 0 Å². The molecule has 0 N–H and O–H groups in total. The summed E-state index contributed by atoms with van der Waals surface area (Å²) in [6.07, 6.45) is 1.23. The van der Waals surface area contributed by atoms with Crippen molar-refractivity contribution in [3.8, 4) is 0 Å². The number of esters is 1. The van der Waals surface area contributed by atoms with E-state index in [9.17, 15) is 9.59 Å². The molecule has 0 rings (SSSR count). The van der Waals surface area contributed by atoms with E-state index in [0.717, 1.165) is 0 Å². The van der Waals surface area contributed by atoms with Gasteiger partial charge in [0.15, 0.2) is 0 Å². The number of aldehydes is 1. The lowest BCUT2D eigenvalue weighted by Crippen LogP contribution is -2.27. The molecule has 0 amide bonds. The predicted molar refractivity (Wildman–Crippen MR) is 47.3 cm³/mol. The molecule has 0 aliphatic rings. The molecule has 0 spiro atoms. The molecule has 0 aromatic rings. The number of carbonyl (C=O) groups is 2. The molecule has 0 aromatic heterocycles. The molecular formula is C9H16O4. The third-order valence-electron chi connectivity index (χ3n) is 1.80. The Balaban J connectivity index is 3.75. The number of rotatable bonds is 6. The molecule has 4 heteroatoms. The maximum Gasteiger partial charge on any atom is 0.311 e. The van der Waals surface area contributed by atoms with Gasteiger partial charge in [-0.25, -0.2) is 0 Å². The second-order valence-corrected chi connectivity index (χ2v) is 3.37. The average Bonchev–Trinajstić information content (AvgIpc) is 2.11. The lowest BCUT2D eigenvalue weighted by atomic mass is 9.90. The van der Waals surface area contributed by atoms with Crippen LogP contribution in [0, 0.1) is 5.41 Å². The zero-order valence-electron chi connectivity index (χ0n) is 8.33. The van der Waals surface area contributed by atoms with E-state index in [1.165, 1.54) is 7.11 Å². The topological polar surface area (TPSA) is 52.6 Å². The van der Waals surface area contributed by atoms with E-state index in [-0.39, 0.29) is 12.6 Å². The largest absolute Gasteiger partial charge is 0.469 e. The van der Waals surface area contributed by atoms with Gasteiger partial charge in [-0.15, -0.1) is 0 Å². The summed E-state index contributed by atoms with van der Waals surface area (Å²) < 4.78 is 9.55. The molecule has 0 saturated carbocycles. The Morgan fingerprint density at radius 2 is 2.08 bits per heavy atom. The fourth-order valence-corrected chi connectivity index (χ4v) is 0.837. The Kier molecular flexibility index (Phi) is 5.30. The summed E-state index contributed by atoms with van der Waals surface area (Å²) >= 11 is 0. The monoisotopic (exact) mass is 188 g/mol. The van der Waals surface area contributed by atoms with Gasteiger partial charge < -0.3 is 14.3 Å². The molecule has 0 unspecified atom stereocenters. The molecule has 76 valence electrons. The van der Waals surface area contributed by atoms with Crippen molar-refractivity contribution in [1.29, 1.82) is 0 Å². The second kappa shape index (κ2) is 5.70. The third kappa shape index (κ3) is 4.62. The first-order valence-corrected chi connectivity index (χ1v) is 4.14. The number of ether oxygens (including phenoxy) is 2. The van der Waals surface area contributed by atoms with Crippen LogP contribution in [-0.2, 0) is 19.1 Å². The summed E-state index contributed by atoms with van der Waals surface area (Å²) in [4.78, 5) is 21.1. The van der Waals surface area contributed by atoms with Crippen LogP contribution < -0.4 is 0 Å². The highest BCUT2D eigenvalue weighted by atomic mass is 16.5. The fourth-order valence-electron chi connectivity index (χ4n) is 0.837. The van der Waals surface area contributed by atoms with Crippen LogP contribution in [-0.4, -0.2) is 32.6 Å². The zero-order chi connectivity index (χ0) is 10.3. The highest BCUT2D eigenvalue weighted by Crippen LogP contribution is 2.21. The summed E-state index contributed by atoms with van der Waals surface area (Å²) in [5, 5.41) is 0. The van der Waals surface area contributed by atoms with Crippen LogP contribution >= 0.6 is 0 Å². The van der Waals surface area contributed by atoms with Crippen LogP contribution in [0.15, 0.2) is 0 Å². The van der Waals surface area contributed by atoms with Gasteiger partial charge in [0.05, 0.1) is 12.5 Å². The molecule has 0 bridgehead atoms. The van der Waals surface area contributed by atoms with Crippen molar-refractivity contribution in [3.63, 3.8) is 0 Å². The third-order valence-corrected chi connectivity index (χ3v) is 1.80. The Morgan fingerprint density at radius 1 is 1.46 bits per heavy atom. The van der Waals surface area contributed by atoms with Crippen molar-refractivity contribution >= 4 is 12.3 Å². The number of hydrogen-bond donors (Lipinski definition) is 0. The molecule has 0 radical (unpaired) electrons. The Morgan fingerprint density at radius 3 is 2.54 bits per heavy atom. The maximum absolute atomic E-state index is 11.1. The molecule has 0 aliphatic carbocycles. The Labute approximate surface area is 78.2 Å². The van der Waals surface area contributed by atoms with Gasteiger partial charge in [-0.1, -0.05) is 0 Å². The Bertz CT molecular complexity index is 174. The molecular weight excluding hydrogens is 172 g/mol. The highest BCUT2D eigenvalue weighted by molar-refractivity contribution is 5.75. The van der Waals surface area contributed by atoms with Gasteiger partial charge in [-0.05, 0) is 20.3 Å². The predicted octanol–water partition coefficient (Wildman–Crippen LogP) is 0.791. The zero-order valence-corrected chi connectivity index (χ0v) is 8.33. The minimum atomic E-state index is -0.544. The Hall–Kier alpha value is -0.900. The van der Waals surface area contributed by atoms with Gasteiger partial charge in [0.1, 0.15) is 12.9 Å². The van der Waals surface area contributed by atoms with Crippen molar-refractivity contribution in [1.82, 2.24) is 0 Å². The van der Waals surface area contributed by atoms with Crippen molar-refractivity contribution < 1.29 is 19.1 Å². The van der Waals surface area contributed by atoms with E-state index in [1.54, 1.807) is 13.8 Å². The van der Waals surface area contributed by atoms with E-state index in [2.05, 4.69) is 4.74 Å². The van der Waals surface area contributed by atoms with Crippen LogP contribution in [0.5, 0.6) is 0 Å². The molecule has 4 nitrogen and oxygen atoms in total. The van der Waals surface area contributed by atoms with E-state index in [1.807, 2.05) is 0 Å². The van der Waals surface area contributed by atoms with Crippen LogP contribution in [0.1, 0.15) is 20.3 Å². The summed E-state index contributed by atoms with van der Waals surface area (Å²) in [5.41, 5.74) is -0.544. The second-order valence-electron chi connectivity index (χ2n) is 3.37. The van der Waals surface area contributed by atoms with E-state index >= 15 is 0 Å². The summed E-state index contributed by atoms with van der Waals surface area (Å²) in [6.45, 7) is 4.03. The van der Waals surface area contributed by atoms with Gasteiger partial charge in [-0.3, -0.25) is 4.79 Å². The van der Waals surface area contributed by atoms with Gasteiger partial charge >= 0.3 is 5.97 Å². The van der Waals surface area contributed by atoms with Gasteiger partial charge in [0.25, 0.3) is 0 Å². The molecule has 13 heavy (non-hydrogen) atoms. The van der Waals surface area contributed by atoms with Crippen molar-refractivity contribution in [2.45, 2.75) is 20.3 Å². The first-order valence-electron chi connectivity index (χ1n) is 4.14. The fraction of sp³-hybridized carbons (Fsp3) is 0.778. The lowest BCUT2D eigenvalue weighted by Gasteiger charge is -2.20. The van der Waals surface area contributed by atoms with Crippen LogP contribution in [0.25, 0.3) is 0 Å². The smallest absolute Gasteiger partial charge is 0.311 e. The van der Waals surface area contributed by atoms with Gasteiger partial charge in [-0.2, -0.15) is 0 Å². The molecule has 0 aliphatic heterocycles. The first-order chi connectivity index (χ1) is 6.04. The number of hydrogen-bond acceptors (Lipinski definition) is 4. The minimum absolute atomic E-state index is 0.0806. The standard InChI is InChI=1S/C9H16O4/c1-9(2,8(11)12-3)4-6-13-7-5-10/h5H,4,6-7H2,1-3H3. The van der Waals surface area contributed by atoms with Gasteiger partial charge in [0, 0.05) is 6.61 Å². The number of methoxy groups -OCH3 is 1. The number of carbonyl (C=O) groups excluding carboxylic acids is 2. The molecule has 0 saturated heterocycles. The van der Waals surface area contributed by atoms with Crippen molar-refractivity contribution in [3.05, 3.63) is 0 Å². The SMILES string of the molecule is COC(=O)C(C)(C)CCOCC=O. The quantitative estimate of drug-likeness (QED) is 0.351. The van der Waals surface area contributed by atoms with E-state index in [0.29, 0.717) is 19.3 Å². The van der Waals surface area contributed by atoms with Gasteiger partial charge in [0.2, 0.25) is 0 Å². The highest BCUT2D eigenvalue weighted by Gasteiger charge is 2.27. The van der Waals surface area contributed by atoms with E-state index in [4.69, 9.17) is 4.74 Å².